The number of anilines is 2. The third kappa shape index (κ3) is 4.85. The van der Waals surface area contributed by atoms with E-state index in [1.165, 1.54) is 19.3 Å². The molecule has 0 bridgehead atoms. The summed E-state index contributed by atoms with van der Waals surface area (Å²) in [4.78, 5) is 8.64. The number of halogens is 3. The van der Waals surface area contributed by atoms with E-state index in [0.717, 1.165) is 11.8 Å². The first kappa shape index (κ1) is 23.1. The lowest BCUT2D eigenvalue weighted by atomic mass is 9.97. The number of fused-ring (bicyclic) bond motifs is 1. The number of alkyl halides is 3. The molecule has 5 nitrogen and oxygen atoms in total. The van der Waals surface area contributed by atoms with Crippen LogP contribution in [0.25, 0.3) is 10.9 Å². The van der Waals surface area contributed by atoms with Gasteiger partial charge in [0, 0.05) is 22.9 Å². The maximum absolute atomic E-state index is 13.3. The van der Waals surface area contributed by atoms with Crippen LogP contribution >= 0.6 is 7.14 Å². The second-order valence-corrected chi connectivity index (χ2v) is 11.1. The maximum Gasteiger partial charge on any atom is 0.416 e. The minimum absolute atomic E-state index is 0.176. The van der Waals surface area contributed by atoms with Crippen molar-refractivity contribution in [2.75, 3.05) is 30.5 Å². The Labute approximate surface area is 179 Å². The molecule has 0 spiro atoms. The van der Waals surface area contributed by atoms with Gasteiger partial charge in [-0.25, -0.2) is 9.97 Å². The van der Waals surface area contributed by atoms with Gasteiger partial charge in [0.15, 0.2) is 0 Å². The molecule has 0 fully saturated rings. The van der Waals surface area contributed by atoms with E-state index in [1.807, 2.05) is 19.1 Å². The van der Waals surface area contributed by atoms with Gasteiger partial charge in [0.1, 0.15) is 19.3 Å². The largest absolute Gasteiger partial charge is 0.416 e. The van der Waals surface area contributed by atoms with Crippen molar-refractivity contribution in [2.45, 2.75) is 33.0 Å². The lowest BCUT2D eigenvalue weighted by Crippen LogP contribution is -2.15. The quantitative estimate of drug-likeness (QED) is 0.464. The van der Waals surface area contributed by atoms with Crippen LogP contribution in [0.15, 0.2) is 36.7 Å². The topological polar surface area (TPSA) is 66.9 Å². The molecule has 2 N–H and O–H groups in total. The molecule has 0 radical (unpaired) electrons. The SMILES string of the molecule is CCNc1cc2ncnc(NC(C)c3cccc(C(F)(F)F)c3C)c2cc1P(C)(C)=O. The van der Waals surface area contributed by atoms with E-state index in [-0.39, 0.29) is 5.56 Å². The summed E-state index contributed by atoms with van der Waals surface area (Å²) in [7, 11) is -2.61. The number of rotatable bonds is 6. The van der Waals surface area contributed by atoms with Crippen molar-refractivity contribution < 1.29 is 17.7 Å². The predicted octanol–water partition coefficient (Wildman–Crippen LogP) is 5.81. The van der Waals surface area contributed by atoms with Crippen LogP contribution in [0, 0.1) is 6.92 Å². The highest BCUT2D eigenvalue weighted by molar-refractivity contribution is 7.70. The van der Waals surface area contributed by atoms with E-state index in [1.54, 1.807) is 26.3 Å². The first-order chi connectivity index (χ1) is 14.4. The first-order valence-corrected chi connectivity index (χ1v) is 12.5. The molecule has 1 atom stereocenters. The van der Waals surface area contributed by atoms with Crippen molar-refractivity contribution >= 4 is 34.9 Å². The molecule has 2 aromatic carbocycles. The van der Waals surface area contributed by atoms with Gasteiger partial charge in [-0.05, 0) is 63.4 Å². The molecule has 0 aliphatic rings. The minimum Gasteiger partial charge on any atom is -0.385 e. The Balaban J connectivity index is 2.07. The van der Waals surface area contributed by atoms with Gasteiger partial charge in [-0.1, -0.05) is 12.1 Å². The molecular formula is C22H26F3N4OP. The molecule has 0 saturated heterocycles. The third-order valence-electron chi connectivity index (χ3n) is 5.20. The molecule has 0 aliphatic carbocycles. The normalized spacial score (nSPS) is 13.3. The fourth-order valence-corrected chi connectivity index (χ4v) is 4.86. The Morgan fingerprint density at radius 2 is 1.87 bits per heavy atom. The van der Waals surface area contributed by atoms with Gasteiger partial charge in [-0.15, -0.1) is 0 Å². The van der Waals surface area contributed by atoms with E-state index in [9.17, 15) is 17.7 Å². The van der Waals surface area contributed by atoms with E-state index in [0.29, 0.717) is 34.1 Å². The summed E-state index contributed by atoms with van der Waals surface area (Å²) in [6.07, 6.45) is -3.01. The average molecular weight is 450 g/mol. The Morgan fingerprint density at radius 3 is 2.48 bits per heavy atom. The van der Waals surface area contributed by atoms with E-state index in [2.05, 4.69) is 20.6 Å². The summed E-state index contributed by atoms with van der Waals surface area (Å²) in [6.45, 7) is 9.27. The van der Waals surface area contributed by atoms with Crippen molar-refractivity contribution in [1.29, 1.82) is 0 Å². The fourth-order valence-electron chi connectivity index (χ4n) is 3.70. The number of nitrogens with zero attached hydrogens (tertiary/aromatic N) is 2. The van der Waals surface area contributed by atoms with Gasteiger partial charge in [0.25, 0.3) is 0 Å². The average Bonchev–Trinajstić information content (AvgIpc) is 2.66. The molecule has 1 unspecified atom stereocenters. The van der Waals surface area contributed by atoms with E-state index >= 15 is 0 Å². The van der Waals surface area contributed by atoms with Crippen molar-refractivity contribution in [2.24, 2.45) is 0 Å². The van der Waals surface area contributed by atoms with Gasteiger partial charge >= 0.3 is 6.18 Å². The highest BCUT2D eigenvalue weighted by atomic mass is 31.2. The van der Waals surface area contributed by atoms with Crippen LogP contribution in [0.2, 0.25) is 0 Å². The zero-order valence-electron chi connectivity index (χ0n) is 18.1. The molecule has 166 valence electrons. The molecule has 1 aromatic heterocycles. The number of aromatic nitrogens is 2. The minimum atomic E-state index is -4.41. The van der Waals surface area contributed by atoms with Crippen LogP contribution in [0.1, 0.15) is 36.6 Å². The molecule has 3 aromatic rings. The summed E-state index contributed by atoms with van der Waals surface area (Å²) >= 11 is 0. The Morgan fingerprint density at radius 1 is 1.16 bits per heavy atom. The van der Waals surface area contributed by atoms with Gasteiger partial charge in [-0.3, -0.25) is 0 Å². The van der Waals surface area contributed by atoms with Crippen LogP contribution < -0.4 is 15.9 Å². The second kappa shape index (κ2) is 8.50. The van der Waals surface area contributed by atoms with Crippen LogP contribution in [0.3, 0.4) is 0 Å². The molecule has 31 heavy (non-hydrogen) atoms. The standard InChI is InChI=1S/C22H26F3N4OP/c1-6-26-19-11-18-16(10-20(19)31(4,5)30)21(28-12-27-18)29-14(3)15-8-7-9-17(13(15)2)22(23,24)25/h7-12,14,26H,6H2,1-5H3,(H,27,28,29). The zero-order chi connectivity index (χ0) is 23.0. The molecule has 0 saturated carbocycles. The molecule has 1 heterocycles. The summed E-state index contributed by atoms with van der Waals surface area (Å²) < 4.78 is 52.8. The summed E-state index contributed by atoms with van der Waals surface area (Å²) in [5.41, 5.74) is 1.47. The monoisotopic (exact) mass is 450 g/mol. The van der Waals surface area contributed by atoms with Gasteiger partial charge in [0.2, 0.25) is 0 Å². The predicted molar refractivity (Wildman–Crippen MR) is 121 cm³/mol. The fraction of sp³-hybridized carbons (Fsp3) is 0.364. The van der Waals surface area contributed by atoms with Crippen LogP contribution in [-0.4, -0.2) is 29.8 Å². The van der Waals surface area contributed by atoms with Crippen molar-refractivity contribution in [1.82, 2.24) is 9.97 Å². The highest BCUT2D eigenvalue weighted by Gasteiger charge is 2.33. The lowest BCUT2D eigenvalue weighted by Gasteiger charge is -2.21. The number of nitrogens with one attached hydrogen (secondary N) is 2. The van der Waals surface area contributed by atoms with Crippen LogP contribution in [0.5, 0.6) is 0 Å². The summed E-state index contributed by atoms with van der Waals surface area (Å²) in [5.74, 6) is 0.479. The molecule has 3 rings (SSSR count). The van der Waals surface area contributed by atoms with Gasteiger partial charge in [0.05, 0.1) is 17.1 Å². The molecular weight excluding hydrogens is 424 g/mol. The van der Waals surface area contributed by atoms with E-state index in [4.69, 9.17) is 0 Å². The Kier molecular flexibility index (Phi) is 6.33. The highest BCUT2D eigenvalue weighted by Crippen LogP contribution is 2.40. The summed E-state index contributed by atoms with van der Waals surface area (Å²) in [6, 6.07) is 7.37. The maximum atomic E-state index is 13.3. The molecule has 9 heteroatoms. The zero-order valence-corrected chi connectivity index (χ0v) is 19.0. The number of hydrogen-bond donors (Lipinski definition) is 2. The van der Waals surface area contributed by atoms with Crippen molar-refractivity contribution in [3.8, 4) is 0 Å². The molecule has 0 amide bonds. The van der Waals surface area contributed by atoms with Crippen molar-refractivity contribution in [3.05, 3.63) is 53.3 Å². The Bertz CT molecular complexity index is 1160. The summed E-state index contributed by atoms with van der Waals surface area (Å²) in [5, 5.41) is 7.80. The van der Waals surface area contributed by atoms with Crippen molar-refractivity contribution in [3.63, 3.8) is 0 Å². The van der Waals surface area contributed by atoms with Crippen LogP contribution in [-0.2, 0) is 10.7 Å². The first-order valence-electron chi connectivity index (χ1n) is 9.95. The lowest BCUT2D eigenvalue weighted by molar-refractivity contribution is -0.138. The smallest absolute Gasteiger partial charge is 0.385 e. The number of benzene rings is 2. The van der Waals surface area contributed by atoms with Gasteiger partial charge in [-0.2, -0.15) is 13.2 Å². The van der Waals surface area contributed by atoms with E-state index < -0.39 is 24.9 Å². The number of hydrogen-bond acceptors (Lipinski definition) is 5. The van der Waals surface area contributed by atoms with Gasteiger partial charge < -0.3 is 15.2 Å². The van der Waals surface area contributed by atoms with Crippen LogP contribution in [0.4, 0.5) is 24.7 Å². The Hall–Kier alpha value is -2.60. The third-order valence-corrected chi connectivity index (χ3v) is 6.73. The molecule has 0 aliphatic heterocycles. The second-order valence-electron chi connectivity index (χ2n) is 7.87.